The zero-order valence-electron chi connectivity index (χ0n) is 4.76. The molecular weight excluding hydrogens is 106 g/mol. The number of aliphatic hydroxyl groups excluding tert-OH is 1. The lowest BCUT2D eigenvalue weighted by molar-refractivity contribution is 0.216. The molecule has 0 saturated heterocycles. The standard InChI is InChI=1S/C4H11N3O/c1-2(5)3(6)4(7)8/h4,8H,5-7H2,1H3/b3-2+. The second-order valence-corrected chi connectivity index (χ2v) is 1.58. The van der Waals surface area contributed by atoms with Crippen LogP contribution in [0.25, 0.3) is 0 Å². The van der Waals surface area contributed by atoms with Crippen LogP contribution in [0.5, 0.6) is 0 Å². The molecule has 4 nitrogen and oxygen atoms in total. The molecule has 0 saturated carbocycles. The van der Waals surface area contributed by atoms with E-state index >= 15 is 0 Å². The normalized spacial score (nSPS) is 17.4. The zero-order valence-corrected chi connectivity index (χ0v) is 4.76. The van der Waals surface area contributed by atoms with Crippen molar-refractivity contribution >= 4 is 0 Å². The lowest BCUT2D eigenvalue weighted by atomic mass is 10.3. The average Bonchev–Trinajstić information content (AvgIpc) is 1.64. The molecule has 0 aromatic rings. The largest absolute Gasteiger partial charge is 0.401 e. The molecule has 0 aromatic carbocycles. The Kier molecular flexibility index (Phi) is 2.30. The van der Waals surface area contributed by atoms with Crippen LogP contribution >= 0.6 is 0 Å². The Morgan fingerprint density at radius 3 is 1.88 bits per heavy atom. The molecule has 0 radical (unpaired) electrons. The van der Waals surface area contributed by atoms with Gasteiger partial charge in [0.15, 0.2) is 0 Å². The highest BCUT2D eigenvalue weighted by molar-refractivity contribution is 5.07. The van der Waals surface area contributed by atoms with E-state index in [1.807, 2.05) is 0 Å². The predicted molar refractivity (Wildman–Crippen MR) is 31.3 cm³/mol. The van der Waals surface area contributed by atoms with Gasteiger partial charge in [-0.3, -0.25) is 0 Å². The molecule has 4 heteroatoms. The maximum absolute atomic E-state index is 8.51. The molecule has 0 aromatic heterocycles. The minimum absolute atomic E-state index is 0.130. The van der Waals surface area contributed by atoms with Gasteiger partial charge in [-0.1, -0.05) is 0 Å². The third kappa shape index (κ3) is 1.81. The quantitative estimate of drug-likeness (QED) is 0.311. The second kappa shape index (κ2) is 2.54. The molecule has 0 heterocycles. The van der Waals surface area contributed by atoms with Gasteiger partial charge in [-0.25, -0.2) is 0 Å². The zero-order chi connectivity index (χ0) is 6.73. The molecule has 48 valence electrons. The van der Waals surface area contributed by atoms with Crippen LogP contribution in [0.3, 0.4) is 0 Å². The summed E-state index contributed by atoms with van der Waals surface area (Å²) in [6.45, 7) is 1.57. The van der Waals surface area contributed by atoms with E-state index in [2.05, 4.69) is 0 Å². The van der Waals surface area contributed by atoms with Crippen molar-refractivity contribution in [3.63, 3.8) is 0 Å². The summed E-state index contributed by atoms with van der Waals surface area (Å²) < 4.78 is 0. The number of allylic oxidation sites excluding steroid dienone is 1. The smallest absolute Gasteiger partial charge is 0.144 e. The summed E-state index contributed by atoms with van der Waals surface area (Å²) in [5, 5.41) is 8.51. The van der Waals surface area contributed by atoms with E-state index in [4.69, 9.17) is 22.3 Å². The first-order chi connectivity index (χ1) is 3.55. The molecule has 1 unspecified atom stereocenters. The summed E-state index contributed by atoms with van der Waals surface area (Å²) in [4.78, 5) is 0. The van der Waals surface area contributed by atoms with Crippen LogP contribution in [-0.4, -0.2) is 11.3 Å². The third-order valence-electron chi connectivity index (χ3n) is 0.774. The maximum Gasteiger partial charge on any atom is 0.144 e. The minimum Gasteiger partial charge on any atom is -0.401 e. The van der Waals surface area contributed by atoms with E-state index in [-0.39, 0.29) is 5.70 Å². The maximum atomic E-state index is 8.51. The Hall–Kier alpha value is -0.740. The molecule has 0 bridgehead atoms. The molecule has 0 aliphatic rings. The molecule has 7 N–H and O–H groups in total. The summed E-state index contributed by atoms with van der Waals surface area (Å²) in [7, 11) is 0. The summed E-state index contributed by atoms with van der Waals surface area (Å²) in [5.74, 6) is 0. The van der Waals surface area contributed by atoms with Gasteiger partial charge in [0.2, 0.25) is 0 Å². The van der Waals surface area contributed by atoms with Gasteiger partial charge in [-0.15, -0.1) is 0 Å². The van der Waals surface area contributed by atoms with Crippen molar-refractivity contribution in [3.8, 4) is 0 Å². The van der Waals surface area contributed by atoms with Crippen molar-refractivity contribution in [2.75, 3.05) is 0 Å². The van der Waals surface area contributed by atoms with Crippen molar-refractivity contribution < 1.29 is 5.11 Å². The van der Waals surface area contributed by atoms with Gasteiger partial charge in [0.05, 0.1) is 5.70 Å². The Bertz CT molecular complexity index is 104. The van der Waals surface area contributed by atoms with Gasteiger partial charge in [-0.05, 0) is 6.92 Å². The Morgan fingerprint density at radius 2 is 1.88 bits per heavy atom. The fraction of sp³-hybridized carbons (Fsp3) is 0.500. The highest BCUT2D eigenvalue weighted by Crippen LogP contribution is 1.89. The Balaban J connectivity index is 4.00. The van der Waals surface area contributed by atoms with E-state index in [0.717, 1.165) is 0 Å². The fourth-order valence-corrected chi connectivity index (χ4v) is 0.233. The molecule has 0 spiro atoms. The van der Waals surface area contributed by atoms with Crippen LogP contribution in [0.4, 0.5) is 0 Å². The molecular formula is C4H11N3O. The van der Waals surface area contributed by atoms with Gasteiger partial charge in [0, 0.05) is 5.70 Å². The molecule has 0 fully saturated rings. The highest BCUT2D eigenvalue weighted by atomic mass is 16.3. The van der Waals surface area contributed by atoms with Crippen LogP contribution in [-0.2, 0) is 0 Å². The molecule has 8 heavy (non-hydrogen) atoms. The van der Waals surface area contributed by atoms with Gasteiger partial charge in [0.1, 0.15) is 6.23 Å². The van der Waals surface area contributed by atoms with Crippen LogP contribution in [0.1, 0.15) is 6.92 Å². The number of rotatable bonds is 1. The Morgan fingerprint density at radius 1 is 1.50 bits per heavy atom. The van der Waals surface area contributed by atoms with Crippen molar-refractivity contribution in [1.82, 2.24) is 0 Å². The number of hydrogen-bond acceptors (Lipinski definition) is 4. The van der Waals surface area contributed by atoms with Crippen molar-refractivity contribution in [3.05, 3.63) is 11.4 Å². The summed E-state index contributed by atoms with van der Waals surface area (Å²) in [5.41, 5.74) is 15.7. The van der Waals surface area contributed by atoms with E-state index in [1.54, 1.807) is 6.92 Å². The van der Waals surface area contributed by atoms with Gasteiger partial charge in [-0.2, -0.15) is 0 Å². The van der Waals surface area contributed by atoms with Crippen molar-refractivity contribution in [1.29, 1.82) is 0 Å². The highest BCUT2D eigenvalue weighted by Gasteiger charge is 1.99. The summed E-state index contributed by atoms with van der Waals surface area (Å²) in [6, 6.07) is 0. The van der Waals surface area contributed by atoms with Crippen molar-refractivity contribution in [2.24, 2.45) is 17.2 Å². The van der Waals surface area contributed by atoms with E-state index in [1.165, 1.54) is 0 Å². The molecule has 1 atom stereocenters. The van der Waals surface area contributed by atoms with Crippen LogP contribution in [0.2, 0.25) is 0 Å². The van der Waals surface area contributed by atoms with Gasteiger partial charge >= 0.3 is 0 Å². The molecule has 0 rings (SSSR count). The molecule has 0 aliphatic carbocycles. The minimum atomic E-state index is -1.13. The second-order valence-electron chi connectivity index (χ2n) is 1.58. The topological polar surface area (TPSA) is 98.3 Å². The molecule has 0 amide bonds. The first-order valence-electron chi connectivity index (χ1n) is 2.21. The monoisotopic (exact) mass is 117 g/mol. The van der Waals surface area contributed by atoms with Crippen LogP contribution < -0.4 is 17.2 Å². The van der Waals surface area contributed by atoms with Crippen molar-refractivity contribution in [2.45, 2.75) is 13.2 Å². The van der Waals surface area contributed by atoms with E-state index in [9.17, 15) is 0 Å². The third-order valence-corrected chi connectivity index (χ3v) is 0.774. The Labute approximate surface area is 48.0 Å². The average molecular weight is 117 g/mol. The van der Waals surface area contributed by atoms with Crippen LogP contribution in [0, 0.1) is 0 Å². The van der Waals surface area contributed by atoms with Gasteiger partial charge < -0.3 is 22.3 Å². The van der Waals surface area contributed by atoms with E-state index < -0.39 is 6.23 Å². The van der Waals surface area contributed by atoms with Crippen LogP contribution in [0.15, 0.2) is 11.4 Å². The number of nitrogens with two attached hydrogens (primary N) is 3. The lowest BCUT2D eigenvalue weighted by Gasteiger charge is -2.04. The van der Waals surface area contributed by atoms with Gasteiger partial charge in [0.25, 0.3) is 0 Å². The van der Waals surface area contributed by atoms with E-state index in [0.29, 0.717) is 5.70 Å². The number of aliphatic hydroxyl groups is 1. The summed E-state index contributed by atoms with van der Waals surface area (Å²) in [6.07, 6.45) is -1.13. The lowest BCUT2D eigenvalue weighted by Crippen LogP contribution is -2.29. The SMILES string of the molecule is C/C(N)=C(\N)C(N)O. The predicted octanol–water partition coefficient (Wildman–Crippen LogP) is -1.59. The summed E-state index contributed by atoms with van der Waals surface area (Å²) >= 11 is 0. The fourth-order valence-electron chi connectivity index (χ4n) is 0.233. The molecule has 0 aliphatic heterocycles. The number of hydrogen-bond donors (Lipinski definition) is 4. The first-order valence-corrected chi connectivity index (χ1v) is 2.21. The first kappa shape index (κ1) is 7.26.